The second-order valence-corrected chi connectivity index (χ2v) is 7.68. The number of rotatable bonds is 13. The molecule has 0 radical (unpaired) electrons. The first-order chi connectivity index (χ1) is 13.3. The number of likely N-dealkylation sites (N-methyl/N-ethyl adjacent to an activating group) is 1. The van der Waals surface area contributed by atoms with Crippen molar-refractivity contribution < 1.29 is 9.59 Å². The fraction of sp³-hybridized carbons (Fsp3) is 0.842. The third-order valence-electron chi connectivity index (χ3n) is 4.69. The molecule has 0 aromatic carbocycles. The number of aliphatic imine (C=N–C) groups is 1. The molecule has 1 heterocycles. The fourth-order valence-electron chi connectivity index (χ4n) is 3.12. The molecule has 28 heavy (non-hydrogen) atoms. The smallest absolute Gasteiger partial charge is 0.312 e. The van der Waals surface area contributed by atoms with Crippen LogP contribution in [-0.4, -0.2) is 79.6 Å². The number of primary amides is 1. The number of carbonyl (C=O) groups is 2. The van der Waals surface area contributed by atoms with Gasteiger partial charge >= 0.3 is 6.03 Å². The van der Waals surface area contributed by atoms with Crippen molar-refractivity contribution in [2.24, 2.45) is 16.5 Å². The molecule has 0 bridgehead atoms. The van der Waals surface area contributed by atoms with Crippen molar-refractivity contribution in [1.82, 2.24) is 20.4 Å². The second-order valence-electron chi connectivity index (χ2n) is 7.68. The summed E-state index contributed by atoms with van der Waals surface area (Å²) in [5, 5.41) is 5.37. The Kier molecular flexibility index (Phi) is 11.3. The first-order valence-corrected chi connectivity index (χ1v) is 10.4. The lowest BCUT2D eigenvalue weighted by molar-refractivity contribution is -0.122. The van der Waals surface area contributed by atoms with E-state index in [1.807, 2.05) is 0 Å². The average Bonchev–Trinajstić information content (AvgIpc) is 2.96. The minimum absolute atomic E-state index is 0.131. The van der Waals surface area contributed by atoms with Gasteiger partial charge in [-0.15, -0.1) is 0 Å². The van der Waals surface area contributed by atoms with Gasteiger partial charge in [-0.25, -0.2) is 4.79 Å². The van der Waals surface area contributed by atoms with Gasteiger partial charge in [-0.2, -0.15) is 0 Å². The molecule has 0 aliphatic carbocycles. The van der Waals surface area contributed by atoms with Crippen LogP contribution in [0.15, 0.2) is 4.99 Å². The maximum Gasteiger partial charge on any atom is 0.312 e. The molecule has 1 aliphatic heterocycles. The van der Waals surface area contributed by atoms with Gasteiger partial charge in [0.25, 0.3) is 0 Å². The summed E-state index contributed by atoms with van der Waals surface area (Å²) in [6, 6.07) is -0.786. The van der Waals surface area contributed by atoms with E-state index in [1.165, 1.54) is 0 Å². The van der Waals surface area contributed by atoms with Crippen molar-refractivity contribution >= 4 is 17.9 Å². The molecule has 1 rings (SSSR count). The zero-order chi connectivity index (χ0) is 20.9. The van der Waals surface area contributed by atoms with Crippen molar-refractivity contribution in [2.75, 3.05) is 39.8 Å². The maximum atomic E-state index is 11.9. The number of hydrogen-bond donors (Lipinski definition) is 4. The lowest BCUT2D eigenvalue weighted by Gasteiger charge is -2.21. The monoisotopic (exact) mass is 397 g/mol. The number of nitrogens with one attached hydrogen (secondary N) is 2. The lowest BCUT2D eigenvalue weighted by Crippen LogP contribution is -2.41. The third kappa shape index (κ3) is 9.77. The summed E-state index contributed by atoms with van der Waals surface area (Å²) in [6.07, 6.45) is 5.45. The summed E-state index contributed by atoms with van der Waals surface area (Å²) in [4.78, 5) is 31.8. The van der Waals surface area contributed by atoms with Gasteiger partial charge in [-0.3, -0.25) is 9.79 Å². The summed E-state index contributed by atoms with van der Waals surface area (Å²) in [5.41, 5.74) is 10.8. The molecule has 1 saturated heterocycles. The van der Waals surface area contributed by atoms with Gasteiger partial charge in [-0.1, -0.05) is 12.8 Å². The summed E-state index contributed by atoms with van der Waals surface area (Å²) in [5.74, 6) is 0.982. The second kappa shape index (κ2) is 13.2. The molecule has 0 saturated carbocycles. The predicted molar refractivity (Wildman–Crippen MR) is 113 cm³/mol. The largest absolute Gasteiger partial charge is 0.355 e. The van der Waals surface area contributed by atoms with Gasteiger partial charge in [0, 0.05) is 45.8 Å². The molecule has 0 spiro atoms. The zero-order valence-corrected chi connectivity index (χ0v) is 17.7. The quantitative estimate of drug-likeness (QED) is 0.335. The fourth-order valence-corrected chi connectivity index (χ4v) is 3.12. The van der Waals surface area contributed by atoms with E-state index in [1.54, 1.807) is 0 Å². The Morgan fingerprint density at radius 2 is 1.75 bits per heavy atom. The number of carbonyl (C=O) groups excluding carboxylic acids is 2. The minimum atomic E-state index is -0.557. The molecule has 1 unspecified atom stereocenters. The van der Waals surface area contributed by atoms with Crippen LogP contribution in [0.3, 0.4) is 0 Å². The standard InChI is InChI=1S/C19H39N7O2/c1-15(2)24-19-25(3)13-14-26(19)12-7-5-4-6-10-22-17(27)16(20)9-8-11-23-18(21)28/h15-16H,4-14,20H2,1-3H3,(H,22,27)(H3,21,23,28)/b24-19+. The molecule has 0 aromatic rings. The molecule has 6 N–H and O–H groups in total. The normalized spacial score (nSPS) is 16.7. The number of unbranched alkanes of at least 4 members (excludes halogenated alkanes) is 3. The Morgan fingerprint density at radius 3 is 2.43 bits per heavy atom. The Hall–Kier alpha value is -2.03. The molecule has 9 nitrogen and oxygen atoms in total. The molecule has 162 valence electrons. The van der Waals surface area contributed by atoms with E-state index in [0.29, 0.717) is 32.0 Å². The van der Waals surface area contributed by atoms with Crippen molar-refractivity contribution in [3.05, 3.63) is 0 Å². The van der Waals surface area contributed by atoms with E-state index in [0.717, 1.165) is 51.3 Å². The Balaban J connectivity index is 2.06. The first kappa shape index (κ1) is 24.0. The van der Waals surface area contributed by atoms with E-state index < -0.39 is 12.1 Å². The summed E-state index contributed by atoms with van der Waals surface area (Å²) in [7, 11) is 2.10. The molecule has 3 amide bonds. The van der Waals surface area contributed by atoms with Gasteiger partial charge in [-0.05, 0) is 39.5 Å². The first-order valence-electron chi connectivity index (χ1n) is 10.4. The maximum absolute atomic E-state index is 11.9. The van der Waals surface area contributed by atoms with Crippen molar-refractivity contribution in [1.29, 1.82) is 0 Å². The van der Waals surface area contributed by atoms with Gasteiger partial charge in [0.05, 0.1) is 6.04 Å². The number of hydrogen-bond acceptors (Lipinski definition) is 4. The third-order valence-corrected chi connectivity index (χ3v) is 4.69. The Morgan fingerprint density at radius 1 is 1.07 bits per heavy atom. The predicted octanol–water partition coefficient (Wildman–Crippen LogP) is 0.451. The summed E-state index contributed by atoms with van der Waals surface area (Å²) >= 11 is 0. The highest BCUT2D eigenvalue weighted by Crippen LogP contribution is 2.10. The number of nitrogens with zero attached hydrogens (tertiary/aromatic N) is 3. The molecule has 9 heteroatoms. The van der Waals surface area contributed by atoms with Crippen molar-refractivity contribution in [2.45, 2.75) is 64.5 Å². The Labute approximate surface area is 169 Å². The van der Waals surface area contributed by atoms with Crippen LogP contribution >= 0.6 is 0 Å². The van der Waals surface area contributed by atoms with E-state index >= 15 is 0 Å². The van der Waals surface area contributed by atoms with Crippen LogP contribution in [0, 0.1) is 0 Å². The van der Waals surface area contributed by atoms with Crippen LogP contribution in [0.25, 0.3) is 0 Å². The minimum Gasteiger partial charge on any atom is -0.355 e. The van der Waals surface area contributed by atoms with Crippen LogP contribution in [0.1, 0.15) is 52.4 Å². The highest BCUT2D eigenvalue weighted by molar-refractivity contribution is 5.82. The molecule has 1 aliphatic rings. The van der Waals surface area contributed by atoms with Gasteiger partial charge in [0.1, 0.15) is 0 Å². The highest BCUT2D eigenvalue weighted by atomic mass is 16.2. The Bertz CT molecular complexity index is 511. The number of guanidine groups is 1. The summed E-state index contributed by atoms with van der Waals surface area (Å²) in [6.45, 7) is 8.42. The topological polar surface area (TPSA) is 129 Å². The van der Waals surface area contributed by atoms with E-state index in [9.17, 15) is 9.59 Å². The molecular weight excluding hydrogens is 358 g/mol. The molecule has 0 aromatic heterocycles. The zero-order valence-electron chi connectivity index (χ0n) is 17.7. The van der Waals surface area contributed by atoms with Crippen LogP contribution in [0.5, 0.6) is 0 Å². The van der Waals surface area contributed by atoms with E-state index in [-0.39, 0.29) is 5.91 Å². The van der Waals surface area contributed by atoms with Crippen LogP contribution in [0.4, 0.5) is 4.79 Å². The van der Waals surface area contributed by atoms with Crippen LogP contribution in [-0.2, 0) is 4.79 Å². The van der Waals surface area contributed by atoms with Gasteiger partial charge in [0.2, 0.25) is 5.91 Å². The summed E-state index contributed by atoms with van der Waals surface area (Å²) < 4.78 is 0. The lowest BCUT2D eigenvalue weighted by atomic mass is 10.1. The highest BCUT2D eigenvalue weighted by Gasteiger charge is 2.22. The SMILES string of the molecule is CC(C)/N=C1\N(C)CCN1CCCCCCNC(=O)C(N)CCCNC(N)=O. The number of nitrogens with two attached hydrogens (primary N) is 2. The number of amides is 3. The van der Waals surface area contributed by atoms with Crippen LogP contribution in [0.2, 0.25) is 0 Å². The molecular formula is C19H39N7O2. The average molecular weight is 398 g/mol. The van der Waals surface area contributed by atoms with E-state index in [2.05, 4.69) is 41.3 Å². The number of urea groups is 1. The molecule has 1 fully saturated rings. The van der Waals surface area contributed by atoms with Crippen molar-refractivity contribution in [3.8, 4) is 0 Å². The van der Waals surface area contributed by atoms with Gasteiger partial charge < -0.3 is 31.9 Å². The van der Waals surface area contributed by atoms with E-state index in [4.69, 9.17) is 16.5 Å². The van der Waals surface area contributed by atoms with Crippen LogP contribution < -0.4 is 22.1 Å². The molecule has 1 atom stereocenters. The van der Waals surface area contributed by atoms with Crippen molar-refractivity contribution in [3.63, 3.8) is 0 Å². The van der Waals surface area contributed by atoms with Gasteiger partial charge in [0.15, 0.2) is 5.96 Å².